The third-order valence-electron chi connectivity index (χ3n) is 5.23. The summed E-state index contributed by atoms with van der Waals surface area (Å²) in [5, 5.41) is 4.73. The van der Waals surface area contributed by atoms with E-state index in [1.807, 2.05) is 32.0 Å². The van der Waals surface area contributed by atoms with Crippen molar-refractivity contribution in [2.24, 2.45) is 5.92 Å². The average Bonchev–Trinajstić information content (AvgIpc) is 3.38. The van der Waals surface area contributed by atoms with Crippen LogP contribution in [0.5, 0.6) is 0 Å². The Bertz CT molecular complexity index is 1260. The molecule has 2 aromatic carbocycles. The Morgan fingerprint density at radius 3 is 2.56 bits per heavy atom. The molecular weight excluding hydrogens is 448 g/mol. The number of carbonyl (C=O) groups excluding carboxylic acids is 2. The quantitative estimate of drug-likeness (QED) is 0.573. The van der Waals surface area contributed by atoms with Crippen molar-refractivity contribution in [3.8, 4) is 0 Å². The Labute approximate surface area is 190 Å². The maximum absolute atomic E-state index is 12.7. The van der Waals surface area contributed by atoms with Crippen molar-refractivity contribution in [2.45, 2.75) is 25.2 Å². The van der Waals surface area contributed by atoms with Crippen LogP contribution in [0.1, 0.15) is 17.5 Å². The van der Waals surface area contributed by atoms with E-state index >= 15 is 0 Å². The smallest absolute Gasteiger partial charge is 0.263 e. The third-order valence-corrected chi connectivity index (χ3v) is 7.40. The first-order valence-electron chi connectivity index (χ1n) is 9.94. The molecule has 2 heterocycles. The number of rotatable bonds is 6. The fourth-order valence-electron chi connectivity index (χ4n) is 3.63. The largest absolute Gasteiger partial charge is 0.326 e. The summed E-state index contributed by atoms with van der Waals surface area (Å²) < 4.78 is 27.2. The van der Waals surface area contributed by atoms with Crippen LogP contribution in [0.15, 0.2) is 58.9 Å². The molecule has 3 aromatic rings. The van der Waals surface area contributed by atoms with E-state index in [1.165, 1.54) is 41.8 Å². The Hall–Kier alpha value is -3.24. The maximum Gasteiger partial charge on any atom is 0.263 e. The number of hydrogen-bond donors (Lipinski definition) is 2. The molecule has 1 aromatic heterocycles. The summed E-state index contributed by atoms with van der Waals surface area (Å²) in [5.41, 5.74) is 3.38. The van der Waals surface area contributed by atoms with Crippen LogP contribution in [0, 0.1) is 19.8 Å². The van der Waals surface area contributed by atoms with Gasteiger partial charge >= 0.3 is 0 Å². The minimum atomic E-state index is -3.76. The summed E-state index contributed by atoms with van der Waals surface area (Å²) in [6.45, 7) is 4.24. The number of carbonyl (C=O) groups is 2. The SMILES string of the molecule is Cc1ccc(N2CC(C(=O)Nc3ccc(S(=O)(=O)Nc4nccs4)cc3)CC2=O)c(C)c1. The first-order valence-corrected chi connectivity index (χ1v) is 12.3. The van der Waals surface area contributed by atoms with Gasteiger partial charge in [0.15, 0.2) is 5.13 Å². The van der Waals surface area contributed by atoms with Crippen LogP contribution in [-0.2, 0) is 19.6 Å². The Balaban J connectivity index is 1.41. The molecule has 1 saturated heterocycles. The summed E-state index contributed by atoms with van der Waals surface area (Å²) in [4.78, 5) is 30.9. The molecule has 166 valence electrons. The van der Waals surface area contributed by atoms with E-state index in [9.17, 15) is 18.0 Å². The lowest BCUT2D eigenvalue weighted by atomic mass is 10.1. The Kier molecular flexibility index (Phi) is 5.98. The molecule has 0 aliphatic carbocycles. The molecule has 1 aliphatic rings. The maximum atomic E-state index is 12.7. The molecule has 1 unspecified atom stereocenters. The molecule has 4 rings (SSSR count). The molecule has 0 bridgehead atoms. The van der Waals surface area contributed by atoms with Gasteiger partial charge in [0, 0.05) is 35.9 Å². The van der Waals surface area contributed by atoms with Crippen molar-refractivity contribution in [1.29, 1.82) is 0 Å². The minimum absolute atomic E-state index is 0.0581. The molecule has 1 fully saturated rings. The number of hydrogen-bond acceptors (Lipinski definition) is 6. The number of anilines is 3. The van der Waals surface area contributed by atoms with Gasteiger partial charge in [-0.1, -0.05) is 17.7 Å². The molecule has 1 aliphatic heterocycles. The van der Waals surface area contributed by atoms with Crippen LogP contribution in [0.2, 0.25) is 0 Å². The zero-order valence-corrected chi connectivity index (χ0v) is 19.2. The van der Waals surface area contributed by atoms with Gasteiger partial charge in [0.1, 0.15) is 0 Å². The van der Waals surface area contributed by atoms with Gasteiger partial charge in [-0.15, -0.1) is 11.3 Å². The van der Waals surface area contributed by atoms with Gasteiger partial charge in [0.05, 0.1) is 10.8 Å². The van der Waals surface area contributed by atoms with Crippen molar-refractivity contribution < 1.29 is 18.0 Å². The van der Waals surface area contributed by atoms with E-state index < -0.39 is 15.9 Å². The number of nitrogens with one attached hydrogen (secondary N) is 2. The highest BCUT2D eigenvalue weighted by molar-refractivity contribution is 7.93. The summed E-state index contributed by atoms with van der Waals surface area (Å²) in [6, 6.07) is 11.7. The number of aryl methyl sites for hydroxylation is 2. The highest BCUT2D eigenvalue weighted by atomic mass is 32.2. The second-order valence-corrected chi connectivity index (χ2v) is 10.2. The van der Waals surface area contributed by atoms with Gasteiger partial charge in [-0.25, -0.2) is 13.4 Å². The molecule has 2 N–H and O–H groups in total. The number of nitrogens with zero attached hydrogens (tertiary/aromatic N) is 2. The summed E-state index contributed by atoms with van der Waals surface area (Å²) in [6.07, 6.45) is 1.64. The van der Waals surface area contributed by atoms with E-state index in [2.05, 4.69) is 15.0 Å². The summed E-state index contributed by atoms with van der Waals surface area (Å²) in [7, 11) is -3.76. The van der Waals surface area contributed by atoms with Crippen molar-refractivity contribution in [3.05, 3.63) is 65.2 Å². The van der Waals surface area contributed by atoms with Crippen LogP contribution in [0.3, 0.4) is 0 Å². The van der Waals surface area contributed by atoms with Crippen LogP contribution >= 0.6 is 11.3 Å². The van der Waals surface area contributed by atoms with Gasteiger partial charge in [0.2, 0.25) is 11.8 Å². The molecular formula is C22H22N4O4S2. The Morgan fingerprint density at radius 1 is 1.16 bits per heavy atom. The molecule has 10 heteroatoms. The summed E-state index contributed by atoms with van der Waals surface area (Å²) >= 11 is 1.18. The van der Waals surface area contributed by atoms with Gasteiger partial charge in [-0.2, -0.15) is 0 Å². The number of benzene rings is 2. The average molecular weight is 471 g/mol. The van der Waals surface area contributed by atoms with Gasteiger partial charge in [-0.05, 0) is 49.7 Å². The lowest BCUT2D eigenvalue weighted by molar-refractivity contribution is -0.122. The topological polar surface area (TPSA) is 108 Å². The second-order valence-electron chi connectivity index (χ2n) is 7.65. The predicted molar refractivity (Wildman–Crippen MR) is 124 cm³/mol. The van der Waals surface area contributed by atoms with E-state index in [1.54, 1.807) is 10.3 Å². The molecule has 8 nitrogen and oxygen atoms in total. The van der Waals surface area contributed by atoms with E-state index in [0.717, 1.165) is 16.8 Å². The van der Waals surface area contributed by atoms with E-state index in [-0.39, 0.29) is 28.3 Å². The number of sulfonamides is 1. The fraction of sp³-hybridized carbons (Fsp3) is 0.227. The van der Waals surface area contributed by atoms with Gasteiger partial charge in [-0.3, -0.25) is 14.3 Å². The zero-order valence-electron chi connectivity index (χ0n) is 17.5. The normalized spacial score (nSPS) is 16.2. The first-order chi connectivity index (χ1) is 15.2. The van der Waals surface area contributed by atoms with Crippen molar-refractivity contribution in [2.75, 3.05) is 21.5 Å². The van der Waals surface area contributed by atoms with Crippen LogP contribution in [-0.4, -0.2) is 31.8 Å². The van der Waals surface area contributed by atoms with Gasteiger partial charge in [0.25, 0.3) is 10.0 Å². The third kappa shape index (κ3) is 4.66. The number of amides is 2. The monoisotopic (exact) mass is 470 g/mol. The predicted octanol–water partition coefficient (Wildman–Crippen LogP) is 3.55. The summed E-state index contributed by atoms with van der Waals surface area (Å²) in [5.74, 6) is -0.855. The van der Waals surface area contributed by atoms with Crippen LogP contribution in [0.4, 0.5) is 16.5 Å². The second kappa shape index (κ2) is 8.71. The molecule has 0 saturated carbocycles. The van der Waals surface area contributed by atoms with E-state index in [0.29, 0.717) is 12.2 Å². The van der Waals surface area contributed by atoms with Crippen molar-refractivity contribution >= 4 is 49.7 Å². The fourth-order valence-corrected chi connectivity index (χ4v) is 5.42. The van der Waals surface area contributed by atoms with Crippen LogP contribution < -0.4 is 14.9 Å². The zero-order chi connectivity index (χ0) is 22.9. The first kappa shape index (κ1) is 22.0. The molecule has 0 radical (unpaired) electrons. The number of thiazole rings is 1. The molecule has 0 spiro atoms. The van der Waals surface area contributed by atoms with Crippen LogP contribution in [0.25, 0.3) is 0 Å². The minimum Gasteiger partial charge on any atom is -0.326 e. The highest BCUT2D eigenvalue weighted by Crippen LogP contribution is 2.29. The Morgan fingerprint density at radius 2 is 1.91 bits per heavy atom. The number of aromatic nitrogens is 1. The lowest BCUT2D eigenvalue weighted by Gasteiger charge is -2.19. The van der Waals surface area contributed by atoms with E-state index in [4.69, 9.17) is 0 Å². The molecule has 32 heavy (non-hydrogen) atoms. The van der Waals surface area contributed by atoms with Crippen molar-refractivity contribution in [1.82, 2.24) is 4.98 Å². The molecule has 1 atom stereocenters. The van der Waals surface area contributed by atoms with Crippen molar-refractivity contribution in [3.63, 3.8) is 0 Å². The van der Waals surface area contributed by atoms with Gasteiger partial charge < -0.3 is 10.2 Å². The standard InChI is InChI=1S/C22H22N4O4S2/c1-14-3-8-19(15(2)11-14)26-13-16(12-20(26)27)21(28)24-17-4-6-18(7-5-17)32(29,30)25-22-23-9-10-31-22/h3-11,16H,12-13H2,1-2H3,(H,23,25)(H,24,28). The highest BCUT2D eigenvalue weighted by Gasteiger charge is 2.35. The molecule has 2 amide bonds. The lowest BCUT2D eigenvalue weighted by Crippen LogP contribution is -2.28.